The van der Waals surface area contributed by atoms with E-state index < -0.39 is 23.7 Å². The van der Waals surface area contributed by atoms with Crippen LogP contribution in [-0.4, -0.2) is 40.3 Å². The first-order valence-electron chi connectivity index (χ1n) is 6.70. The molecule has 0 radical (unpaired) electrons. The van der Waals surface area contributed by atoms with Gasteiger partial charge in [-0.05, 0) is 34.6 Å². The fourth-order valence-electron chi connectivity index (χ4n) is 1.58. The van der Waals surface area contributed by atoms with Gasteiger partial charge in [0.1, 0.15) is 18.0 Å². The van der Waals surface area contributed by atoms with Crippen molar-refractivity contribution in [3.05, 3.63) is 18.7 Å². The van der Waals surface area contributed by atoms with Crippen molar-refractivity contribution in [2.24, 2.45) is 0 Å². The van der Waals surface area contributed by atoms with Crippen LogP contribution in [0, 0.1) is 0 Å². The predicted molar refractivity (Wildman–Crippen MR) is 76.8 cm³/mol. The normalized spacial score (nSPS) is 12.4. The minimum absolute atomic E-state index is 0.233. The van der Waals surface area contributed by atoms with E-state index in [0.29, 0.717) is 5.69 Å². The first-order chi connectivity index (χ1) is 9.76. The zero-order valence-corrected chi connectivity index (χ0v) is 13.0. The molecule has 0 aliphatic carbocycles. The molecule has 1 aromatic rings. The number of anilines is 1. The van der Waals surface area contributed by atoms with E-state index in [1.165, 1.54) is 23.6 Å². The summed E-state index contributed by atoms with van der Waals surface area (Å²) < 4.78 is 10.3. The van der Waals surface area contributed by atoms with E-state index in [1.54, 1.807) is 34.6 Å². The van der Waals surface area contributed by atoms with Gasteiger partial charge in [-0.1, -0.05) is 0 Å². The Morgan fingerprint density at radius 3 is 2.33 bits per heavy atom. The van der Waals surface area contributed by atoms with Gasteiger partial charge in [-0.15, -0.1) is 0 Å². The molecule has 0 aliphatic rings. The van der Waals surface area contributed by atoms with Gasteiger partial charge in [-0.2, -0.15) is 0 Å². The lowest BCUT2D eigenvalue weighted by molar-refractivity contribution is -0.144. The highest BCUT2D eigenvalue weighted by Gasteiger charge is 2.32. The zero-order chi connectivity index (χ0) is 16.0. The summed E-state index contributed by atoms with van der Waals surface area (Å²) >= 11 is 0. The number of carbonyl (C=O) groups is 2. The summed E-state index contributed by atoms with van der Waals surface area (Å²) in [5.74, 6) is -0.521. The van der Waals surface area contributed by atoms with Crippen LogP contribution in [0.3, 0.4) is 0 Å². The average Bonchev–Trinajstić information content (AvgIpc) is 2.38. The Labute approximate surface area is 124 Å². The van der Waals surface area contributed by atoms with Crippen LogP contribution >= 0.6 is 0 Å². The maximum absolute atomic E-state index is 12.3. The van der Waals surface area contributed by atoms with Crippen LogP contribution in [0.2, 0.25) is 0 Å². The molecule has 0 aromatic carbocycles. The fraction of sp³-hybridized carbons (Fsp3) is 0.571. The predicted octanol–water partition coefficient (Wildman–Crippen LogP) is 2.17. The van der Waals surface area contributed by atoms with Crippen LogP contribution in [0.5, 0.6) is 0 Å². The largest absolute Gasteiger partial charge is 0.464 e. The third-order valence-electron chi connectivity index (χ3n) is 2.43. The van der Waals surface area contributed by atoms with Gasteiger partial charge in [0.15, 0.2) is 0 Å². The molecule has 0 spiro atoms. The van der Waals surface area contributed by atoms with Gasteiger partial charge in [0.05, 0.1) is 24.7 Å². The number of carbonyl (C=O) groups excluding carboxylic acids is 2. The van der Waals surface area contributed by atoms with Gasteiger partial charge < -0.3 is 9.47 Å². The van der Waals surface area contributed by atoms with Crippen LogP contribution < -0.4 is 4.90 Å². The molecule has 0 fully saturated rings. The number of nitrogens with zero attached hydrogens (tertiary/aromatic N) is 3. The lowest BCUT2D eigenvalue weighted by Crippen LogP contribution is -2.46. The number of ether oxygens (including phenoxy) is 2. The fourth-order valence-corrected chi connectivity index (χ4v) is 1.58. The van der Waals surface area contributed by atoms with E-state index in [-0.39, 0.29) is 6.61 Å². The second-order valence-electron chi connectivity index (χ2n) is 5.38. The highest BCUT2D eigenvalue weighted by molar-refractivity contribution is 5.95. The molecule has 0 unspecified atom stereocenters. The number of amides is 1. The highest BCUT2D eigenvalue weighted by atomic mass is 16.6. The molecule has 7 heteroatoms. The summed E-state index contributed by atoms with van der Waals surface area (Å²) in [6.45, 7) is 8.75. The van der Waals surface area contributed by atoms with Crippen LogP contribution in [0.1, 0.15) is 34.6 Å². The van der Waals surface area contributed by atoms with E-state index in [4.69, 9.17) is 9.47 Å². The summed E-state index contributed by atoms with van der Waals surface area (Å²) in [4.78, 5) is 33.2. The van der Waals surface area contributed by atoms with Gasteiger partial charge in [0, 0.05) is 0 Å². The first kappa shape index (κ1) is 16.9. The molecule has 21 heavy (non-hydrogen) atoms. The number of rotatable bonds is 4. The Morgan fingerprint density at radius 1 is 1.29 bits per heavy atom. The average molecular weight is 295 g/mol. The zero-order valence-electron chi connectivity index (χ0n) is 13.0. The van der Waals surface area contributed by atoms with Crippen LogP contribution in [0.15, 0.2) is 18.7 Å². The molecule has 0 aliphatic heterocycles. The molecule has 116 valence electrons. The number of hydrogen-bond donors (Lipinski definition) is 0. The third-order valence-corrected chi connectivity index (χ3v) is 2.43. The minimum Gasteiger partial charge on any atom is -0.464 e. The van der Waals surface area contributed by atoms with Crippen LogP contribution in [0.4, 0.5) is 10.5 Å². The van der Waals surface area contributed by atoms with E-state index in [9.17, 15) is 9.59 Å². The smallest absolute Gasteiger partial charge is 0.415 e. The lowest BCUT2D eigenvalue weighted by atomic mass is 10.2. The second kappa shape index (κ2) is 7.01. The molecule has 1 heterocycles. The van der Waals surface area contributed by atoms with Crippen molar-refractivity contribution in [1.29, 1.82) is 0 Å². The minimum atomic E-state index is -0.842. The highest BCUT2D eigenvalue weighted by Crippen LogP contribution is 2.19. The Kier molecular flexibility index (Phi) is 5.63. The maximum atomic E-state index is 12.3. The van der Waals surface area contributed by atoms with Gasteiger partial charge >= 0.3 is 12.1 Å². The van der Waals surface area contributed by atoms with E-state index in [2.05, 4.69) is 9.97 Å². The maximum Gasteiger partial charge on any atom is 0.415 e. The number of aromatic nitrogens is 2. The summed E-state index contributed by atoms with van der Waals surface area (Å²) in [7, 11) is 0. The van der Waals surface area contributed by atoms with E-state index in [1.807, 2.05) is 0 Å². The molecular weight excluding hydrogens is 274 g/mol. The standard InChI is InChI=1S/C14H21N3O4/c1-6-20-12(18)10(2)17(11-7-15-9-16-8-11)13(19)21-14(3,4)5/h7-10H,6H2,1-5H3/t10-/m1/s1. The molecule has 1 amide bonds. The molecule has 0 bridgehead atoms. The third kappa shape index (κ3) is 5.02. The number of hydrogen-bond acceptors (Lipinski definition) is 6. The van der Waals surface area contributed by atoms with Crippen molar-refractivity contribution in [3.8, 4) is 0 Å². The molecule has 0 N–H and O–H groups in total. The van der Waals surface area contributed by atoms with Crippen molar-refractivity contribution >= 4 is 17.7 Å². The van der Waals surface area contributed by atoms with Gasteiger partial charge in [-0.25, -0.2) is 19.6 Å². The van der Waals surface area contributed by atoms with Crippen molar-refractivity contribution in [2.75, 3.05) is 11.5 Å². The topological polar surface area (TPSA) is 81.6 Å². The van der Waals surface area contributed by atoms with Gasteiger partial charge in [-0.3, -0.25) is 4.90 Å². The number of esters is 1. The lowest BCUT2D eigenvalue weighted by Gasteiger charge is -2.30. The van der Waals surface area contributed by atoms with Crippen molar-refractivity contribution < 1.29 is 19.1 Å². The van der Waals surface area contributed by atoms with Gasteiger partial charge in [0.25, 0.3) is 0 Å². The molecule has 0 saturated heterocycles. The Balaban J connectivity index is 3.06. The molecule has 1 atom stereocenters. The summed E-state index contributed by atoms with van der Waals surface area (Å²) in [6.07, 6.45) is 3.56. The quantitative estimate of drug-likeness (QED) is 0.792. The van der Waals surface area contributed by atoms with Gasteiger partial charge in [0.2, 0.25) is 0 Å². The van der Waals surface area contributed by atoms with E-state index >= 15 is 0 Å². The molecule has 1 aromatic heterocycles. The van der Waals surface area contributed by atoms with Crippen molar-refractivity contribution in [3.63, 3.8) is 0 Å². The summed E-state index contributed by atoms with van der Waals surface area (Å²) in [5, 5.41) is 0. The Morgan fingerprint density at radius 2 is 1.86 bits per heavy atom. The monoisotopic (exact) mass is 295 g/mol. The second-order valence-corrected chi connectivity index (χ2v) is 5.38. The Bertz CT molecular complexity index is 485. The van der Waals surface area contributed by atoms with Crippen LogP contribution in [0.25, 0.3) is 0 Å². The van der Waals surface area contributed by atoms with E-state index in [0.717, 1.165) is 0 Å². The molecular formula is C14H21N3O4. The van der Waals surface area contributed by atoms with Crippen molar-refractivity contribution in [2.45, 2.75) is 46.3 Å². The van der Waals surface area contributed by atoms with Crippen LogP contribution in [-0.2, 0) is 14.3 Å². The molecule has 1 rings (SSSR count). The van der Waals surface area contributed by atoms with Crippen molar-refractivity contribution in [1.82, 2.24) is 9.97 Å². The summed E-state index contributed by atoms with van der Waals surface area (Å²) in [6, 6.07) is -0.842. The molecule has 7 nitrogen and oxygen atoms in total. The summed E-state index contributed by atoms with van der Waals surface area (Å²) in [5.41, 5.74) is -0.313. The molecule has 0 saturated carbocycles. The Hall–Kier alpha value is -2.18. The SMILES string of the molecule is CCOC(=O)[C@@H](C)N(C(=O)OC(C)(C)C)c1cncnc1. The first-order valence-corrected chi connectivity index (χ1v) is 6.70.